The average molecular weight is 406 g/mol. The maximum Gasteiger partial charge on any atom is 0.351 e. The number of carbonyl (C=O) groups excluding carboxylic acids is 3. The number of fused-ring (bicyclic) bond motifs is 1. The molecule has 7 heteroatoms. The molecule has 1 aromatic heterocycles. The van der Waals surface area contributed by atoms with Gasteiger partial charge in [-0.3, -0.25) is 9.59 Å². The second kappa shape index (κ2) is 7.60. The number of benzene rings is 2. The van der Waals surface area contributed by atoms with E-state index < -0.39 is 5.97 Å². The lowest BCUT2D eigenvalue weighted by Crippen LogP contribution is -2.20. The van der Waals surface area contributed by atoms with Gasteiger partial charge in [-0.1, -0.05) is 30.3 Å². The van der Waals surface area contributed by atoms with Crippen LogP contribution in [-0.4, -0.2) is 36.3 Å². The highest BCUT2D eigenvalue weighted by Gasteiger charge is 2.25. The Morgan fingerprint density at radius 1 is 1.17 bits per heavy atom. The van der Waals surface area contributed by atoms with Crippen molar-refractivity contribution in [2.24, 2.45) is 0 Å². The van der Waals surface area contributed by atoms with E-state index in [9.17, 15) is 14.4 Å². The van der Waals surface area contributed by atoms with E-state index >= 15 is 0 Å². The second-order valence-electron chi connectivity index (χ2n) is 6.75. The fraction of sp³-hybridized carbons (Fsp3) is 0.182. The van der Waals surface area contributed by atoms with Gasteiger partial charge < -0.3 is 9.64 Å². The van der Waals surface area contributed by atoms with Crippen LogP contribution in [0.4, 0.5) is 5.69 Å². The van der Waals surface area contributed by atoms with Crippen LogP contribution in [0.5, 0.6) is 0 Å². The number of esters is 1. The van der Waals surface area contributed by atoms with Crippen LogP contribution >= 0.6 is 11.3 Å². The molecule has 0 saturated heterocycles. The number of aromatic nitrogens is 1. The molecule has 0 spiro atoms. The number of ether oxygens (including phenoxy) is 1. The molecular formula is C22H18N2O4S. The third-order valence-electron chi connectivity index (χ3n) is 4.78. The van der Waals surface area contributed by atoms with Gasteiger partial charge in [0.25, 0.3) is 0 Å². The first-order chi connectivity index (χ1) is 13.9. The van der Waals surface area contributed by atoms with Gasteiger partial charge in [-0.25, -0.2) is 9.78 Å². The molecule has 0 saturated carbocycles. The number of Topliss-reactive ketones (excluding diaryl/α,β-unsaturated/α-hetero) is 1. The van der Waals surface area contributed by atoms with Crippen molar-refractivity contribution in [2.45, 2.75) is 13.3 Å². The van der Waals surface area contributed by atoms with Crippen molar-refractivity contribution in [3.05, 3.63) is 69.5 Å². The zero-order chi connectivity index (χ0) is 20.5. The molecule has 1 aliphatic rings. The van der Waals surface area contributed by atoms with Crippen LogP contribution in [0.2, 0.25) is 0 Å². The molecule has 0 atom stereocenters. The van der Waals surface area contributed by atoms with Gasteiger partial charge in [0.05, 0.1) is 17.1 Å². The Morgan fingerprint density at radius 3 is 2.69 bits per heavy atom. The Kier molecular flexibility index (Phi) is 4.98. The van der Waals surface area contributed by atoms with E-state index in [1.807, 2.05) is 37.3 Å². The number of hydrogen-bond donors (Lipinski definition) is 0. The van der Waals surface area contributed by atoms with Crippen LogP contribution < -0.4 is 4.90 Å². The van der Waals surface area contributed by atoms with Crippen molar-refractivity contribution in [1.29, 1.82) is 0 Å². The van der Waals surface area contributed by atoms with Crippen LogP contribution in [0.25, 0.3) is 11.3 Å². The quantitative estimate of drug-likeness (QED) is 0.477. The van der Waals surface area contributed by atoms with Crippen molar-refractivity contribution in [1.82, 2.24) is 4.98 Å². The lowest BCUT2D eigenvalue weighted by atomic mass is 10.1. The molecule has 0 bridgehead atoms. The minimum atomic E-state index is -0.570. The van der Waals surface area contributed by atoms with Crippen LogP contribution in [0.3, 0.4) is 0 Å². The number of nitrogens with zero attached hydrogens (tertiary/aromatic N) is 2. The Morgan fingerprint density at radius 2 is 1.93 bits per heavy atom. The third kappa shape index (κ3) is 3.69. The molecule has 1 amide bonds. The summed E-state index contributed by atoms with van der Waals surface area (Å²) in [6, 6.07) is 14.5. The number of rotatable bonds is 5. The van der Waals surface area contributed by atoms with Crippen molar-refractivity contribution >= 4 is 34.7 Å². The lowest BCUT2D eigenvalue weighted by molar-refractivity contribution is -0.117. The zero-order valence-corrected chi connectivity index (χ0v) is 16.8. The van der Waals surface area contributed by atoms with Gasteiger partial charge in [0.2, 0.25) is 5.91 Å². The maximum absolute atomic E-state index is 12.6. The highest BCUT2D eigenvalue weighted by Crippen LogP contribution is 2.30. The van der Waals surface area contributed by atoms with Gasteiger partial charge in [-0.05, 0) is 30.7 Å². The second-order valence-corrected chi connectivity index (χ2v) is 7.95. The van der Waals surface area contributed by atoms with E-state index in [0.717, 1.165) is 21.8 Å². The van der Waals surface area contributed by atoms with Gasteiger partial charge in [-0.15, -0.1) is 11.3 Å². The largest absolute Gasteiger partial charge is 0.453 e. The van der Waals surface area contributed by atoms with Crippen molar-refractivity contribution < 1.29 is 19.1 Å². The predicted molar refractivity (Wildman–Crippen MR) is 110 cm³/mol. The van der Waals surface area contributed by atoms with E-state index in [0.29, 0.717) is 16.1 Å². The summed E-state index contributed by atoms with van der Waals surface area (Å²) >= 11 is 1.24. The van der Waals surface area contributed by atoms with Crippen LogP contribution in [0, 0.1) is 6.92 Å². The molecule has 4 rings (SSSR count). The average Bonchev–Trinajstić information content (AvgIpc) is 3.26. The summed E-state index contributed by atoms with van der Waals surface area (Å²) in [4.78, 5) is 43.3. The molecular weight excluding hydrogens is 388 g/mol. The van der Waals surface area contributed by atoms with Gasteiger partial charge in [-0.2, -0.15) is 0 Å². The number of hydrogen-bond acceptors (Lipinski definition) is 6. The van der Waals surface area contributed by atoms with Gasteiger partial charge in [0.15, 0.2) is 12.4 Å². The normalized spacial score (nSPS) is 12.8. The number of ketones is 1. The molecule has 6 nitrogen and oxygen atoms in total. The van der Waals surface area contributed by atoms with Crippen molar-refractivity contribution in [2.75, 3.05) is 18.6 Å². The smallest absolute Gasteiger partial charge is 0.351 e. The van der Waals surface area contributed by atoms with Gasteiger partial charge in [0.1, 0.15) is 4.88 Å². The first-order valence-electron chi connectivity index (χ1n) is 9.06. The molecule has 0 fully saturated rings. The monoisotopic (exact) mass is 406 g/mol. The molecule has 0 N–H and O–H groups in total. The minimum absolute atomic E-state index is 0.00923. The highest BCUT2D eigenvalue weighted by atomic mass is 32.1. The fourth-order valence-corrected chi connectivity index (χ4v) is 4.12. The summed E-state index contributed by atoms with van der Waals surface area (Å²) in [6.45, 7) is 1.45. The topological polar surface area (TPSA) is 76.6 Å². The summed E-state index contributed by atoms with van der Waals surface area (Å²) in [5.74, 6) is -0.894. The first kappa shape index (κ1) is 19.0. The number of anilines is 1. The highest BCUT2D eigenvalue weighted by molar-refractivity contribution is 7.14. The maximum atomic E-state index is 12.6. The predicted octanol–water partition coefficient (Wildman–Crippen LogP) is 3.68. The van der Waals surface area contributed by atoms with Crippen molar-refractivity contribution in [3.63, 3.8) is 0 Å². The lowest BCUT2D eigenvalue weighted by Gasteiger charge is -2.10. The molecule has 29 heavy (non-hydrogen) atoms. The molecule has 0 unspecified atom stereocenters. The van der Waals surface area contributed by atoms with E-state index in [2.05, 4.69) is 4.98 Å². The molecule has 2 heterocycles. The fourth-order valence-electron chi connectivity index (χ4n) is 3.28. The summed E-state index contributed by atoms with van der Waals surface area (Å²) in [5.41, 5.74) is 3.41. The molecule has 0 radical (unpaired) electrons. The number of likely N-dealkylation sites (N-methyl/N-ethyl adjacent to an activating group) is 1. The summed E-state index contributed by atoms with van der Waals surface area (Å²) in [5, 5.41) is 0.745. The van der Waals surface area contributed by atoms with Crippen LogP contribution in [0.1, 0.15) is 30.6 Å². The Bertz CT molecular complexity index is 1120. The van der Waals surface area contributed by atoms with Crippen LogP contribution in [0.15, 0.2) is 48.5 Å². The molecule has 0 aliphatic carbocycles. The minimum Gasteiger partial charge on any atom is -0.453 e. The van der Waals surface area contributed by atoms with E-state index in [-0.39, 0.29) is 24.7 Å². The summed E-state index contributed by atoms with van der Waals surface area (Å²) in [7, 11) is 1.71. The summed E-state index contributed by atoms with van der Waals surface area (Å²) < 4.78 is 5.29. The Balaban J connectivity index is 1.48. The molecule has 146 valence electrons. The molecule has 2 aromatic carbocycles. The van der Waals surface area contributed by atoms with Crippen molar-refractivity contribution in [3.8, 4) is 11.3 Å². The molecule has 3 aromatic rings. The standard InChI is InChI=1S/C22H18N2O4S/c1-13-23-20(14-6-4-3-5-7-14)21(29-13)22(27)28-12-18(25)15-8-9-17-16(10-15)11-19(26)24(17)2/h3-10H,11-12H2,1-2H3. The Labute approximate surface area is 171 Å². The number of carbonyl (C=O) groups is 3. The van der Waals surface area contributed by atoms with E-state index in [1.54, 1.807) is 30.1 Å². The number of thiazole rings is 1. The third-order valence-corrected chi connectivity index (χ3v) is 5.73. The number of amides is 1. The van der Waals surface area contributed by atoms with Gasteiger partial charge in [0, 0.05) is 23.9 Å². The SMILES string of the molecule is Cc1nc(-c2ccccc2)c(C(=O)OCC(=O)c2ccc3c(c2)CC(=O)N3C)s1. The zero-order valence-electron chi connectivity index (χ0n) is 16.0. The summed E-state index contributed by atoms with van der Waals surface area (Å²) in [6.07, 6.45) is 0.271. The van der Waals surface area contributed by atoms with E-state index in [1.165, 1.54) is 11.3 Å². The first-order valence-corrected chi connectivity index (χ1v) is 9.88. The van der Waals surface area contributed by atoms with E-state index in [4.69, 9.17) is 4.74 Å². The van der Waals surface area contributed by atoms with Gasteiger partial charge >= 0.3 is 5.97 Å². The Hall–Kier alpha value is -3.32. The van der Waals surface area contributed by atoms with Crippen LogP contribution in [-0.2, 0) is 16.0 Å². The number of aryl methyl sites for hydroxylation is 1. The molecule has 1 aliphatic heterocycles.